The summed E-state index contributed by atoms with van der Waals surface area (Å²) in [7, 11) is -4.37. The molecule has 0 radical (unpaired) electrons. The predicted molar refractivity (Wildman–Crippen MR) is 230 cm³/mol. The highest BCUT2D eigenvalue weighted by Gasteiger charge is 2.26. The van der Waals surface area contributed by atoms with Crippen LogP contribution in [0.1, 0.15) is 149 Å². The van der Waals surface area contributed by atoms with E-state index in [2.05, 4.69) is 92.1 Å². The lowest BCUT2D eigenvalue weighted by molar-refractivity contribution is -0.122. The first kappa shape index (κ1) is 51.4. The summed E-state index contributed by atoms with van der Waals surface area (Å²) in [4.78, 5) is 22.6. The highest BCUT2D eigenvalue weighted by Crippen LogP contribution is 2.43. The molecule has 3 atom stereocenters. The smallest absolute Gasteiger partial charge is 0.387 e. The zero-order valence-electron chi connectivity index (χ0n) is 33.9. The van der Waals surface area contributed by atoms with Crippen molar-refractivity contribution in [3.05, 3.63) is 97.2 Å². The fourth-order valence-corrected chi connectivity index (χ4v) is 6.05. The maximum atomic E-state index is 12.7. The Labute approximate surface area is 330 Å². The van der Waals surface area contributed by atoms with Gasteiger partial charge >= 0.3 is 7.82 Å². The molecule has 9 heteroatoms. The molecule has 308 valence electrons. The number of phosphoric ester groups is 1. The Hall–Kier alpha value is -2.58. The maximum absolute atomic E-state index is 12.7. The molecule has 1 amide bonds. The average Bonchev–Trinajstić information content (AvgIpc) is 3.16. The molecule has 0 aliphatic carbocycles. The third-order valence-corrected chi connectivity index (χ3v) is 9.39. The van der Waals surface area contributed by atoms with Crippen molar-refractivity contribution in [2.75, 3.05) is 19.8 Å². The van der Waals surface area contributed by atoms with Gasteiger partial charge in [0.05, 0.1) is 25.4 Å². The van der Waals surface area contributed by atoms with Crippen LogP contribution < -0.4 is 11.1 Å². The van der Waals surface area contributed by atoms with Crippen molar-refractivity contribution in [2.45, 2.75) is 161 Å². The summed E-state index contributed by atoms with van der Waals surface area (Å²) in [5.41, 5.74) is 5.36. The minimum atomic E-state index is -4.37. The number of nitrogens with one attached hydrogen (secondary N) is 1. The van der Waals surface area contributed by atoms with Crippen LogP contribution in [-0.4, -0.2) is 47.8 Å². The highest BCUT2D eigenvalue weighted by atomic mass is 31.2. The summed E-state index contributed by atoms with van der Waals surface area (Å²) >= 11 is 0. The van der Waals surface area contributed by atoms with E-state index < -0.39 is 26.6 Å². The number of phosphoric acid groups is 1. The Bertz CT molecular complexity index is 1160. The van der Waals surface area contributed by atoms with Crippen LogP contribution in [0.5, 0.6) is 0 Å². The SMILES string of the molecule is CC/C=C\C/C=C\C/C=C\C/C=C\C/C=C\C/C=C\CCC(=O)NC(COP(=O)(O)OCCN)C(O)/C=C/CC/C=C/CCCCCCCCCCCC. The highest BCUT2D eigenvalue weighted by molar-refractivity contribution is 7.47. The minimum absolute atomic E-state index is 0.0573. The number of hydrogen-bond acceptors (Lipinski definition) is 6. The molecule has 3 unspecified atom stereocenters. The molecule has 8 nitrogen and oxygen atoms in total. The summed E-state index contributed by atoms with van der Waals surface area (Å²) in [5, 5.41) is 13.6. The van der Waals surface area contributed by atoms with E-state index in [1.165, 1.54) is 64.2 Å². The normalized spacial score (nSPS) is 15.1. The average molecular weight is 773 g/mol. The summed E-state index contributed by atoms with van der Waals surface area (Å²) in [6, 6.07) is -0.923. The molecule has 0 fully saturated rings. The molecule has 0 aliphatic rings. The van der Waals surface area contributed by atoms with Crippen molar-refractivity contribution in [2.24, 2.45) is 5.73 Å². The number of carbonyl (C=O) groups excluding carboxylic acids is 1. The number of amides is 1. The monoisotopic (exact) mass is 773 g/mol. The Morgan fingerprint density at radius 3 is 1.63 bits per heavy atom. The maximum Gasteiger partial charge on any atom is 0.472 e. The summed E-state index contributed by atoms with van der Waals surface area (Å²) < 4.78 is 22.0. The topological polar surface area (TPSA) is 131 Å². The minimum Gasteiger partial charge on any atom is -0.387 e. The zero-order valence-corrected chi connectivity index (χ0v) is 34.8. The Kier molecular flexibility index (Phi) is 38.2. The Morgan fingerprint density at radius 2 is 1.09 bits per heavy atom. The quantitative estimate of drug-likeness (QED) is 0.0281. The number of unbranched alkanes of at least 4 members (excludes halogenated alkanes) is 11. The van der Waals surface area contributed by atoms with Gasteiger partial charge in [-0.25, -0.2) is 4.57 Å². The Morgan fingerprint density at radius 1 is 0.630 bits per heavy atom. The molecule has 0 rings (SSSR count). The lowest BCUT2D eigenvalue weighted by Crippen LogP contribution is -2.45. The Balaban J connectivity index is 4.47. The fourth-order valence-electron chi connectivity index (χ4n) is 5.29. The van der Waals surface area contributed by atoms with Crippen LogP contribution >= 0.6 is 7.82 Å². The number of aliphatic hydroxyl groups is 1. The van der Waals surface area contributed by atoms with Gasteiger partial charge in [-0.15, -0.1) is 0 Å². The molecule has 0 aromatic rings. The lowest BCUT2D eigenvalue weighted by Gasteiger charge is -2.23. The predicted octanol–water partition coefficient (Wildman–Crippen LogP) is 11.6. The first-order valence-electron chi connectivity index (χ1n) is 20.9. The number of rotatable bonds is 37. The van der Waals surface area contributed by atoms with Crippen molar-refractivity contribution < 1.29 is 28.4 Å². The van der Waals surface area contributed by atoms with Gasteiger partial charge in [-0.1, -0.05) is 169 Å². The third kappa shape index (κ3) is 37.7. The van der Waals surface area contributed by atoms with Crippen LogP contribution in [-0.2, 0) is 18.4 Å². The van der Waals surface area contributed by atoms with Gasteiger partial charge in [0, 0.05) is 13.0 Å². The van der Waals surface area contributed by atoms with Crippen LogP contribution in [0.3, 0.4) is 0 Å². The molecule has 0 aromatic heterocycles. The molecule has 0 aromatic carbocycles. The molecule has 0 bridgehead atoms. The molecule has 54 heavy (non-hydrogen) atoms. The zero-order chi connectivity index (χ0) is 39.6. The van der Waals surface area contributed by atoms with Crippen molar-refractivity contribution in [1.82, 2.24) is 5.32 Å². The van der Waals surface area contributed by atoms with Gasteiger partial charge in [-0.3, -0.25) is 13.8 Å². The van der Waals surface area contributed by atoms with Crippen LogP contribution in [0, 0.1) is 0 Å². The van der Waals surface area contributed by atoms with Crippen molar-refractivity contribution >= 4 is 13.7 Å². The largest absolute Gasteiger partial charge is 0.472 e. The van der Waals surface area contributed by atoms with E-state index in [1.807, 2.05) is 18.2 Å². The van der Waals surface area contributed by atoms with Gasteiger partial charge < -0.3 is 21.1 Å². The number of allylic oxidation sites excluding steroid dienone is 15. The van der Waals surface area contributed by atoms with E-state index in [9.17, 15) is 19.4 Å². The second-order valence-electron chi connectivity index (χ2n) is 13.5. The fraction of sp³-hybridized carbons (Fsp3) is 0.622. The number of nitrogens with two attached hydrogens (primary N) is 1. The second-order valence-corrected chi connectivity index (χ2v) is 14.9. The van der Waals surface area contributed by atoms with Gasteiger partial charge in [0.2, 0.25) is 5.91 Å². The van der Waals surface area contributed by atoms with Crippen molar-refractivity contribution in [3.63, 3.8) is 0 Å². The lowest BCUT2D eigenvalue weighted by atomic mass is 10.1. The molecule has 0 spiro atoms. The summed E-state index contributed by atoms with van der Waals surface area (Å²) in [5.74, 6) is -0.291. The van der Waals surface area contributed by atoms with Gasteiger partial charge in [0.25, 0.3) is 0 Å². The van der Waals surface area contributed by atoms with E-state index in [1.54, 1.807) is 6.08 Å². The van der Waals surface area contributed by atoms with E-state index in [4.69, 9.17) is 14.8 Å². The molecular weight excluding hydrogens is 695 g/mol. The first-order valence-corrected chi connectivity index (χ1v) is 22.4. The van der Waals surface area contributed by atoms with Gasteiger partial charge in [0.15, 0.2) is 0 Å². The van der Waals surface area contributed by atoms with E-state index in [0.29, 0.717) is 6.42 Å². The van der Waals surface area contributed by atoms with Crippen LogP contribution in [0.2, 0.25) is 0 Å². The molecule has 0 saturated carbocycles. The van der Waals surface area contributed by atoms with E-state index in [-0.39, 0.29) is 25.5 Å². The number of aliphatic hydroxyl groups excluding tert-OH is 1. The van der Waals surface area contributed by atoms with Gasteiger partial charge in [-0.2, -0.15) is 0 Å². The molecule has 0 heterocycles. The van der Waals surface area contributed by atoms with Crippen molar-refractivity contribution in [3.8, 4) is 0 Å². The molecule has 0 aliphatic heterocycles. The second kappa shape index (κ2) is 40.1. The van der Waals surface area contributed by atoms with Crippen LogP contribution in [0.25, 0.3) is 0 Å². The van der Waals surface area contributed by atoms with Gasteiger partial charge in [0.1, 0.15) is 0 Å². The molecule has 0 saturated heterocycles. The van der Waals surface area contributed by atoms with Crippen molar-refractivity contribution in [1.29, 1.82) is 0 Å². The summed E-state index contributed by atoms with van der Waals surface area (Å²) in [6.45, 7) is 3.91. The van der Waals surface area contributed by atoms with Gasteiger partial charge in [-0.05, 0) is 70.6 Å². The number of hydrogen-bond donors (Lipinski definition) is 4. The third-order valence-electron chi connectivity index (χ3n) is 8.41. The molecule has 5 N–H and O–H groups in total. The standard InChI is InChI=1S/C45H77N2O6P/c1-3-5-7-9-11-13-15-17-19-21-22-23-25-27-29-31-33-35-37-39-45(49)47-43(42-53-54(50,51)52-41-40-46)44(48)38-36-34-32-30-28-26-24-20-18-16-14-12-10-8-6-4-2/h5,7,11,13,17,19,22-23,27-30,33,35-36,38,43-44,48H,3-4,6,8-10,12,14-16,18,20-21,24-26,31-32,34,37,39-42,46H2,1-2H3,(H,47,49)(H,50,51)/b7-5-,13-11-,19-17-,23-22-,29-27-,30-28+,35-33-,38-36+. The number of carbonyl (C=O) groups is 1. The van der Waals surface area contributed by atoms with E-state index >= 15 is 0 Å². The van der Waals surface area contributed by atoms with Crippen LogP contribution in [0.15, 0.2) is 97.2 Å². The summed E-state index contributed by atoms with van der Waals surface area (Å²) in [6.07, 6.45) is 54.7. The van der Waals surface area contributed by atoms with E-state index in [0.717, 1.165) is 57.8 Å². The first-order chi connectivity index (χ1) is 26.4. The van der Waals surface area contributed by atoms with Crippen LogP contribution in [0.4, 0.5) is 0 Å². The molecular formula is C45H77N2O6P.